The molecule has 0 saturated carbocycles. The lowest BCUT2D eigenvalue weighted by molar-refractivity contribution is -0.129. The molecule has 8 heteroatoms. The highest BCUT2D eigenvalue weighted by molar-refractivity contribution is 7.99. The lowest BCUT2D eigenvalue weighted by Gasteiger charge is -2.28. The zero-order valence-corrected chi connectivity index (χ0v) is 17.5. The number of benzene rings is 2. The van der Waals surface area contributed by atoms with E-state index in [4.69, 9.17) is 9.15 Å². The zero-order valence-electron chi connectivity index (χ0n) is 16.7. The predicted molar refractivity (Wildman–Crippen MR) is 117 cm³/mol. The molecule has 3 heterocycles. The van der Waals surface area contributed by atoms with Crippen LogP contribution in [0.3, 0.4) is 0 Å². The number of thioether (sulfide) groups is 1. The summed E-state index contributed by atoms with van der Waals surface area (Å²) in [5.74, 6) is 1.34. The highest BCUT2D eigenvalue weighted by Gasteiger charge is 2.21. The van der Waals surface area contributed by atoms with Gasteiger partial charge in [-0.3, -0.25) is 9.78 Å². The average Bonchev–Trinajstić information content (AvgIpc) is 3.28. The van der Waals surface area contributed by atoms with Gasteiger partial charge in [-0.05, 0) is 29.7 Å². The molecule has 0 aliphatic carbocycles. The van der Waals surface area contributed by atoms with Crippen LogP contribution in [0.1, 0.15) is 17.0 Å². The standard InChI is InChI=1S/C23H20N4O3S/c28-21(27-12-10-16-5-1-2-6-18(16)13-27)15-31-23-26-25-20(30-23)14-29-19-9-3-7-17-8-4-11-24-22(17)19/h1-9,11H,10,12-15H2. The predicted octanol–water partition coefficient (Wildman–Crippen LogP) is 3.87. The number of carbonyl (C=O) groups excluding carboxylic acids is 1. The van der Waals surface area contributed by atoms with Gasteiger partial charge in [0.15, 0.2) is 6.61 Å². The fourth-order valence-corrected chi connectivity index (χ4v) is 4.29. The maximum atomic E-state index is 12.6. The van der Waals surface area contributed by atoms with Crippen LogP contribution in [-0.4, -0.2) is 38.3 Å². The van der Waals surface area contributed by atoms with Gasteiger partial charge in [0.05, 0.1) is 5.75 Å². The van der Waals surface area contributed by atoms with Crippen LogP contribution in [-0.2, 0) is 24.4 Å². The molecule has 5 rings (SSSR count). The van der Waals surface area contributed by atoms with Gasteiger partial charge in [0.25, 0.3) is 11.1 Å². The van der Waals surface area contributed by atoms with Crippen molar-refractivity contribution in [2.75, 3.05) is 12.3 Å². The molecule has 0 atom stereocenters. The smallest absolute Gasteiger partial charge is 0.277 e. The van der Waals surface area contributed by atoms with Crippen LogP contribution in [0.5, 0.6) is 5.75 Å². The van der Waals surface area contributed by atoms with Crippen molar-refractivity contribution in [2.45, 2.75) is 24.8 Å². The topological polar surface area (TPSA) is 81.3 Å². The summed E-state index contributed by atoms with van der Waals surface area (Å²) in [6.07, 6.45) is 2.62. The second-order valence-electron chi connectivity index (χ2n) is 7.20. The molecule has 156 valence electrons. The van der Waals surface area contributed by atoms with Crippen molar-refractivity contribution in [3.8, 4) is 5.75 Å². The van der Waals surface area contributed by atoms with Crippen molar-refractivity contribution >= 4 is 28.6 Å². The fraction of sp³-hybridized carbons (Fsp3) is 0.217. The molecule has 2 aromatic heterocycles. The van der Waals surface area contributed by atoms with Crippen molar-refractivity contribution in [1.82, 2.24) is 20.1 Å². The maximum absolute atomic E-state index is 12.6. The molecule has 0 saturated heterocycles. The first kappa shape index (κ1) is 19.6. The number of aromatic nitrogens is 3. The van der Waals surface area contributed by atoms with Gasteiger partial charge < -0.3 is 14.1 Å². The van der Waals surface area contributed by atoms with E-state index < -0.39 is 0 Å². The minimum absolute atomic E-state index is 0.0670. The van der Waals surface area contributed by atoms with Crippen LogP contribution in [0.4, 0.5) is 0 Å². The minimum atomic E-state index is 0.0670. The maximum Gasteiger partial charge on any atom is 0.277 e. The van der Waals surface area contributed by atoms with E-state index in [1.807, 2.05) is 47.4 Å². The summed E-state index contributed by atoms with van der Waals surface area (Å²) in [4.78, 5) is 18.9. The average molecular weight is 433 g/mol. The van der Waals surface area contributed by atoms with Crippen LogP contribution in [0.15, 0.2) is 70.4 Å². The van der Waals surface area contributed by atoms with E-state index in [1.165, 1.54) is 22.9 Å². The van der Waals surface area contributed by atoms with Crippen molar-refractivity contribution in [3.05, 3.63) is 77.8 Å². The number of amides is 1. The Balaban J connectivity index is 1.15. The van der Waals surface area contributed by atoms with Crippen LogP contribution in [0, 0.1) is 0 Å². The third-order valence-electron chi connectivity index (χ3n) is 5.20. The summed E-state index contributed by atoms with van der Waals surface area (Å²) in [5.41, 5.74) is 3.32. The van der Waals surface area contributed by atoms with E-state index >= 15 is 0 Å². The van der Waals surface area contributed by atoms with Crippen LogP contribution in [0.25, 0.3) is 10.9 Å². The van der Waals surface area contributed by atoms with E-state index in [1.54, 1.807) is 6.20 Å². The summed E-state index contributed by atoms with van der Waals surface area (Å²) >= 11 is 1.25. The largest absolute Gasteiger partial charge is 0.482 e. The fourth-order valence-electron chi connectivity index (χ4n) is 3.61. The molecule has 0 N–H and O–H groups in total. The number of para-hydroxylation sites is 1. The van der Waals surface area contributed by atoms with Gasteiger partial charge in [0, 0.05) is 24.7 Å². The Hall–Kier alpha value is -3.39. The first-order valence-corrected chi connectivity index (χ1v) is 11.0. The van der Waals surface area contributed by atoms with Gasteiger partial charge in [0.1, 0.15) is 11.3 Å². The molecule has 0 fully saturated rings. The molecule has 2 aromatic carbocycles. The van der Waals surface area contributed by atoms with E-state index in [0.717, 1.165) is 23.9 Å². The number of rotatable bonds is 6. The number of hydrogen-bond acceptors (Lipinski definition) is 7. The summed E-state index contributed by atoms with van der Waals surface area (Å²) < 4.78 is 11.5. The molecule has 0 unspecified atom stereocenters. The van der Waals surface area contributed by atoms with Gasteiger partial charge >= 0.3 is 0 Å². The van der Waals surface area contributed by atoms with Gasteiger partial charge in [-0.25, -0.2) is 0 Å². The third-order valence-corrected chi connectivity index (χ3v) is 6.00. The second-order valence-corrected chi connectivity index (χ2v) is 8.13. The van der Waals surface area contributed by atoms with Crippen molar-refractivity contribution in [1.29, 1.82) is 0 Å². The molecule has 1 aliphatic heterocycles. The molecule has 4 aromatic rings. The van der Waals surface area contributed by atoms with Gasteiger partial charge in [0.2, 0.25) is 5.91 Å². The lowest BCUT2D eigenvalue weighted by atomic mass is 10.00. The second kappa shape index (κ2) is 8.77. The first-order chi connectivity index (χ1) is 15.3. The normalized spacial score (nSPS) is 13.2. The zero-order chi connectivity index (χ0) is 21.0. The van der Waals surface area contributed by atoms with Crippen molar-refractivity contribution in [2.24, 2.45) is 0 Å². The highest BCUT2D eigenvalue weighted by atomic mass is 32.2. The number of nitrogens with zero attached hydrogens (tertiary/aromatic N) is 4. The lowest BCUT2D eigenvalue weighted by Crippen LogP contribution is -2.37. The Kier molecular flexibility index (Phi) is 5.54. The van der Waals surface area contributed by atoms with Crippen LogP contribution >= 0.6 is 11.8 Å². The summed E-state index contributed by atoms with van der Waals surface area (Å²) in [6.45, 7) is 1.52. The number of fused-ring (bicyclic) bond motifs is 2. The Morgan fingerprint density at radius 2 is 1.94 bits per heavy atom. The van der Waals surface area contributed by atoms with Crippen LogP contribution in [0.2, 0.25) is 0 Å². The molecule has 0 bridgehead atoms. The molecule has 31 heavy (non-hydrogen) atoms. The molecular weight excluding hydrogens is 412 g/mol. The quantitative estimate of drug-likeness (QED) is 0.428. The van der Waals surface area contributed by atoms with Gasteiger partial charge in [-0.1, -0.05) is 54.2 Å². The number of hydrogen-bond donors (Lipinski definition) is 0. The molecule has 1 aliphatic rings. The summed E-state index contributed by atoms with van der Waals surface area (Å²) in [5, 5.41) is 9.41. The minimum Gasteiger partial charge on any atom is -0.482 e. The SMILES string of the molecule is O=C(CSc1nnc(COc2cccc3cccnc23)o1)N1CCc2ccccc2C1. The highest BCUT2D eigenvalue weighted by Crippen LogP contribution is 2.25. The van der Waals surface area contributed by atoms with Crippen molar-refractivity contribution < 1.29 is 13.9 Å². The van der Waals surface area contributed by atoms with E-state index in [2.05, 4.69) is 27.3 Å². The summed E-state index contributed by atoms with van der Waals surface area (Å²) in [6, 6.07) is 17.9. The Morgan fingerprint density at radius 3 is 2.87 bits per heavy atom. The molecule has 0 radical (unpaired) electrons. The van der Waals surface area contributed by atoms with Gasteiger partial charge in [-0.2, -0.15) is 0 Å². The van der Waals surface area contributed by atoms with E-state index in [0.29, 0.717) is 23.4 Å². The molecular formula is C23H20N4O3S. The van der Waals surface area contributed by atoms with E-state index in [9.17, 15) is 4.79 Å². The Morgan fingerprint density at radius 1 is 1.06 bits per heavy atom. The van der Waals surface area contributed by atoms with E-state index in [-0.39, 0.29) is 18.3 Å². The third kappa shape index (κ3) is 4.39. The summed E-state index contributed by atoms with van der Waals surface area (Å²) in [7, 11) is 0. The number of carbonyl (C=O) groups is 1. The van der Waals surface area contributed by atoms with Crippen LogP contribution < -0.4 is 4.74 Å². The Bertz CT molecular complexity index is 1220. The molecule has 7 nitrogen and oxygen atoms in total. The van der Waals surface area contributed by atoms with Gasteiger partial charge in [-0.15, -0.1) is 10.2 Å². The first-order valence-electron chi connectivity index (χ1n) is 10.0. The molecule has 1 amide bonds. The monoisotopic (exact) mass is 432 g/mol. The molecule has 0 spiro atoms. The van der Waals surface area contributed by atoms with Crippen molar-refractivity contribution in [3.63, 3.8) is 0 Å². The number of pyridine rings is 1. The number of ether oxygens (including phenoxy) is 1. The Labute approximate surface area is 183 Å².